The molecular formula is C22H28N4O. The van der Waals surface area contributed by atoms with Crippen molar-refractivity contribution in [2.45, 2.75) is 25.4 Å². The van der Waals surface area contributed by atoms with Crippen LogP contribution in [0.1, 0.15) is 17.7 Å². The van der Waals surface area contributed by atoms with Crippen molar-refractivity contribution in [3.8, 4) is 0 Å². The van der Waals surface area contributed by atoms with Crippen molar-refractivity contribution in [3.05, 3.63) is 66.0 Å². The monoisotopic (exact) mass is 364 g/mol. The minimum atomic E-state index is -0.00684. The largest absolute Gasteiger partial charge is 0.354 e. The van der Waals surface area contributed by atoms with Gasteiger partial charge in [-0.25, -0.2) is 0 Å². The number of hydrogen-bond acceptors (Lipinski definition) is 4. The van der Waals surface area contributed by atoms with Gasteiger partial charge in [0.15, 0.2) is 0 Å². The lowest BCUT2D eigenvalue weighted by atomic mass is 9.77. The number of likely N-dealkylation sites (tertiary alicyclic amines) is 2. The smallest absolute Gasteiger partial charge is 0.237 e. The molecule has 1 N–H and O–H groups in total. The first-order valence-electron chi connectivity index (χ1n) is 9.78. The number of aromatic nitrogens is 1. The molecular weight excluding hydrogens is 336 g/mol. The zero-order chi connectivity index (χ0) is 18.7. The fourth-order valence-electron chi connectivity index (χ4n) is 4.63. The van der Waals surface area contributed by atoms with Crippen LogP contribution in [0.5, 0.6) is 0 Å². The fraction of sp³-hybridized carbons (Fsp3) is 0.455. The Bertz CT molecular complexity index is 758. The molecule has 3 heterocycles. The highest BCUT2D eigenvalue weighted by atomic mass is 16.2. The molecule has 1 aromatic heterocycles. The fourth-order valence-corrected chi connectivity index (χ4v) is 4.63. The maximum Gasteiger partial charge on any atom is 0.237 e. The summed E-state index contributed by atoms with van der Waals surface area (Å²) in [7, 11) is 2.08. The summed E-state index contributed by atoms with van der Waals surface area (Å²) >= 11 is 0. The van der Waals surface area contributed by atoms with Crippen LogP contribution in [-0.2, 0) is 17.8 Å². The molecule has 0 saturated carbocycles. The molecule has 0 bridgehead atoms. The summed E-state index contributed by atoms with van der Waals surface area (Å²) in [5.41, 5.74) is 2.67. The van der Waals surface area contributed by atoms with Gasteiger partial charge in [-0.3, -0.25) is 19.6 Å². The number of nitrogens with zero attached hydrogens (tertiary/aromatic N) is 3. The Morgan fingerprint density at radius 3 is 2.67 bits per heavy atom. The van der Waals surface area contributed by atoms with E-state index in [0.29, 0.717) is 6.54 Å². The standard InChI is InChI=1S/C22H28N4O/c1-25-15-22(16-26(17-22)14-18-7-3-2-4-8-18)13-20(25)21(27)24-12-10-19-9-5-6-11-23-19/h2-9,11,20H,10,12-17H2,1H3,(H,24,27). The van der Waals surface area contributed by atoms with Crippen LogP contribution in [0.4, 0.5) is 0 Å². The Labute approximate surface area is 161 Å². The molecule has 2 aromatic rings. The van der Waals surface area contributed by atoms with Crippen LogP contribution >= 0.6 is 0 Å². The molecule has 27 heavy (non-hydrogen) atoms. The minimum Gasteiger partial charge on any atom is -0.354 e. The predicted octanol–water partition coefficient (Wildman–Crippen LogP) is 1.95. The topological polar surface area (TPSA) is 48.5 Å². The van der Waals surface area contributed by atoms with Gasteiger partial charge in [-0.05, 0) is 31.2 Å². The molecule has 0 aliphatic carbocycles. The number of benzene rings is 1. The average Bonchev–Trinajstić information content (AvgIpc) is 3.01. The summed E-state index contributed by atoms with van der Waals surface area (Å²) in [6.07, 6.45) is 3.53. The van der Waals surface area contributed by atoms with Crippen LogP contribution in [0, 0.1) is 5.41 Å². The van der Waals surface area contributed by atoms with E-state index in [2.05, 4.69) is 57.5 Å². The zero-order valence-electron chi connectivity index (χ0n) is 16.0. The molecule has 1 aromatic carbocycles. The highest BCUT2D eigenvalue weighted by molar-refractivity contribution is 5.82. The first kappa shape index (κ1) is 18.1. The van der Waals surface area contributed by atoms with Crippen LogP contribution in [-0.4, -0.2) is 60.0 Å². The van der Waals surface area contributed by atoms with Crippen LogP contribution in [0.15, 0.2) is 54.7 Å². The van der Waals surface area contributed by atoms with Gasteiger partial charge in [0.25, 0.3) is 0 Å². The predicted molar refractivity (Wildman–Crippen MR) is 106 cm³/mol. The van der Waals surface area contributed by atoms with Crippen LogP contribution in [0.3, 0.4) is 0 Å². The number of amides is 1. The number of likely N-dealkylation sites (N-methyl/N-ethyl adjacent to an activating group) is 1. The molecule has 2 aliphatic heterocycles. The molecule has 4 rings (SSSR count). The Morgan fingerprint density at radius 2 is 1.93 bits per heavy atom. The Balaban J connectivity index is 1.24. The van der Waals surface area contributed by atoms with Crippen molar-refractivity contribution in [1.29, 1.82) is 0 Å². The average molecular weight is 364 g/mol. The maximum atomic E-state index is 12.7. The lowest BCUT2D eigenvalue weighted by Gasteiger charge is -2.48. The molecule has 2 fully saturated rings. The zero-order valence-corrected chi connectivity index (χ0v) is 16.0. The highest BCUT2D eigenvalue weighted by Crippen LogP contribution is 2.42. The summed E-state index contributed by atoms with van der Waals surface area (Å²) in [5.74, 6) is 0.159. The van der Waals surface area contributed by atoms with E-state index >= 15 is 0 Å². The second-order valence-electron chi connectivity index (χ2n) is 8.13. The third-order valence-electron chi connectivity index (χ3n) is 5.82. The number of rotatable bonds is 6. The molecule has 1 atom stereocenters. The van der Waals surface area contributed by atoms with Crippen molar-refractivity contribution in [2.24, 2.45) is 5.41 Å². The Morgan fingerprint density at radius 1 is 1.15 bits per heavy atom. The van der Waals surface area contributed by atoms with Gasteiger partial charge in [0, 0.05) is 56.5 Å². The number of carbonyl (C=O) groups is 1. The molecule has 1 unspecified atom stereocenters. The molecule has 1 amide bonds. The van der Waals surface area contributed by atoms with Gasteiger partial charge in [-0.1, -0.05) is 36.4 Å². The first-order chi connectivity index (χ1) is 13.1. The van der Waals surface area contributed by atoms with Crippen molar-refractivity contribution >= 4 is 5.91 Å². The normalized spacial score (nSPS) is 21.9. The molecule has 2 saturated heterocycles. The summed E-state index contributed by atoms with van der Waals surface area (Å²) < 4.78 is 0. The Kier molecular flexibility index (Phi) is 5.23. The number of hydrogen-bond donors (Lipinski definition) is 1. The third-order valence-corrected chi connectivity index (χ3v) is 5.82. The summed E-state index contributed by atoms with van der Waals surface area (Å²) in [6.45, 7) is 4.84. The van der Waals surface area contributed by atoms with E-state index in [1.165, 1.54) is 5.56 Å². The maximum absolute atomic E-state index is 12.7. The van der Waals surface area contributed by atoms with Crippen LogP contribution < -0.4 is 5.32 Å². The molecule has 5 nitrogen and oxygen atoms in total. The van der Waals surface area contributed by atoms with E-state index in [1.54, 1.807) is 6.20 Å². The van der Waals surface area contributed by atoms with E-state index in [1.807, 2.05) is 18.2 Å². The van der Waals surface area contributed by atoms with Crippen molar-refractivity contribution in [2.75, 3.05) is 33.2 Å². The summed E-state index contributed by atoms with van der Waals surface area (Å²) in [4.78, 5) is 21.7. The van der Waals surface area contributed by atoms with Gasteiger partial charge in [0.2, 0.25) is 5.91 Å². The lowest BCUT2D eigenvalue weighted by molar-refractivity contribution is -0.125. The molecule has 1 spiro atoms. The van der Waals surface area contributed by atoms with Crippen molar-refractivity contribution in [3.63, 3.8) is 0 Å². The van der Waals surface area contributed by atoms with Gasteiger partial charge >= 0.3 is 0 Å². The van der Waals surface area contributed by atoms with Gasteiger partial charge < -0.3 is 5.32 Å². The highest BCUT2D eigenvalue weighted by Gasteiger charge is 2.51. The van der Waals surface area contributed by atoms with Crippen molar-refractivity contribution in [1.82, 2.24) is 20.1 Å². The minimum absolute atomic E-state index is 0.00684. The van der Waals surface area contributed by atoms with E-state index in [0.717, 1.165) is 44.7 Å². The van der Waals surface area contributed by atoms with E-state index in [9.17, 15) is 4.79 Å². The summed E-state index contributed by atoms with van der Waals surface area (Å²) in [5, 5.41) is 3.11. The second-order valence-corrected chi connectivity index (χ2v) is 8.13. The van der Waals surface area contributed by atoms with Gasteiger partial charge in [0.1, 0.15) is 0 Å². The molecule has 142 valence electrons. The number of nitrogens with one attached hydrogen (secondary N) is 1. The number of carbonyl (C=O) groups excluding carboxylic acids is 1. The van der Waals surface area contributed by atoms with Crippen molar-refractivity contribution < 1.29 is 4.79 Å². The quantitative estimate of drug-likeness (QED) is 0.851. The van der Waals surface area contributed by atoms with E-state index < -0.39 is 0 Å². The van der Waals surface area contributed by atoms with Gasteiger partial charge in [-0.2, -0.15) is 0 Å². The third kappa shape index (κ3) is 4.20. The van der Waals surface area contributed by atoms with Gasteiger partial charge in [0.05, 0.1) is 6.04 Å². The number of pyridine rings is 1. The Hall–Kier alpha value is -2.24. The van der Waals surface area contributed by atoms with Crippen LogP contribution in [0.25, 0.3) is 0 Å². The lowest BCUT2D eigenvalue weighted by Crippen LogP contribution is -2.56. The SMILES string of the molecule is CN1CC2(CC1C(=O)NCCc1ccccn1)CN(Cc1ccccc1)C2. The first-order valence-corrected chi connectivity index (χ1v) is 9.78. The summed E-state index contributed by atoms with van der Waals surface area (Å²) in [6, 6.07) is 16.5. The molecule has 5 heteroatoms. The van der Waals surface area contributed by atoms with E-state index in [-0.39, 0.29) is 17.4 Å². The molecule has 2 aliphatic rings. The van der Waals surface area contributed by atoms with E-state index in [4.69, 9.17) is 0 Å². The molecule has 0 radical (unpaired) electrons. The van der Waals surface area contributed by atoms with Crippen LogP contribution in [0.2, 0.25) is 0 Å². The van der Waals surface area contributed by atoms with Gasteiger partial charge in [-0.15, -0.1) is 0 Å². The second kappa shape index (κ2) is 7.79.